The molecule has 136 valence electrons. The molecule has 1 aliphatic heterocycles. The maximum atomic E-state index is 12.5. The highest BCUT2D eigenvalue weighted by molar-refractivity contribution is 14.1. The van der Waals surface area contributed by atoms with E-state index in [9.17, 15) is 13.2 Å². The molecule has 0 unspecified atom stereocenters. The fraction of sp³-hybridized carbons (Fsp3) is 0.211. The molecule has 1 heterocycles. The molecular weight excluding hydrogens is 463 g/mol. The number of piperazine rings is 1. The summed E-state index contributed by atoms with van der Waals surface area (Å²) in [5, 5.41) is 1.24. The van der Waals surface area contributed by atoms with Gasteiger partial charge in [0, 0.05) is 40.7 Å². The summed E-state index contributed by atoms with van der Waals surface area (Å²) < 4.78 is 27.4. The van der Waals surface area contributed by atoms with Crippen molar-refractivity contribution in [2.45, 2.75) is 0 Å². The van der Waals surface area contributed by atoms with E-state index >= 15 is 0 Å². The Morgan fingerprint density at radius 3 is 2.15 bits per heavy atom. The van der Waals surface area contributed by atoms with Crippen LogP contribution < -0.4 is 0 Å². The van der Waals surface area contributed by atoms with Crippen LogP contribution in [0.25, 0.3) is 6.08 Å². The zero-order valence-electron chi connectivity index (χ0n) is 14.1. The number of carbonyl (C=O) groups excluding carboxylic acids is 1. The molecule has 0 atom stereocenters. The Morgan fingerprint density at radius 1 is 0.923 bits per heavy atom. The molecule has 1 aliphatic rings. The minimum absolute atomic E-state index is 0.0572. The minimum Gasteiger partial charge on any atom is -0.336 e. The zero-order valence-corrected chi connectivity index (χ0v) is 17.1. The summed E-state index contributed by atoms with van der Waals surface area (Å²) in [5.74, 6) is -0.0572. The van der Waals surface area contributed by atoms with Gasteiger partial charge in [0.15, 0.2) is 0 Å². The molecule has 3 rings (SSSR count). The van der Waals surface area contributed by atoms with Crippen LogP contribution in [0.5, 0.6) is 0 Å². The molecule has 0 bridgehead atoms. The van der Waals surface area contributed by atoms with E-state index in [2.05, 4.69) is 22.6 Å². The normalized spacial score (nSPS) is 16.1. The number of benzene rings is 2. The van der Waals surface area contributed by atoms with E-state index in [0.29, 0.717) is 31.7 Å². The second-order valence-electron chi connectivity index (χ2n) is 5.96. The summed E-state index contributed by atoms with van der Waals surface area (Å²) in [7, 11) is -3.49. The van der Waals surface area contributed by atoms with Gasteiger partial charge in [0.05, 0.1) is 0 Å². The maximum Gasteiger partial charge on any atom is 0.253 e. The SMILES string of the molecule is O=C(c1ccc(I)cc1)N1CCN(S(=O)(=O)/C=C/c2ccccc2)CC1. The number of rotatable bonds is 4. The van der Waals surface area contributed by atoms with E-state index in [4.69, 9.17) is 0 Å². The van der Waals surface area contributed by atoms with Crippen LogP contribution in [-0.2, 0) is 10.0 Å². The highest BCUT2D eigenvalue weighted by Gasteiger charge is 2.27. The number of hydrogen-bond donors (Lipinski definition) is 0. The smallest absolute Gasteiger partial charge is 0.253 e. The Labute approximate surface area is 167 Å². The van der Waals surface area contributed by atoms with Crippen molar-refractivity contribution in [1.29, 1.82) is 0 Å². The third kappa shape index (κ3) is 4.72. The van der Waals surface area contributed by atoms with E-state index in [1.165, 1.54) is 9.71 Å². The van der Waals surface area contributed by atoms with Crippen molar-refractivity contribution in [1.82, 2.24) is 9.21 Å². The number of sulfonamides is 1. The molecule has 0 aromatic heterocycles. The van der Waals surface area contributed by atoms with Crippen molar-refractivity contribution in [2.24, 2.45) is 0 Å². The maximum absolute atomic E-state index is 12.5. The highest BCUT2D eigenvalue weighted by atomic mass is 127. The standard InChI is InChI=1S/C19H19IN2O3S/c20-18-8-6-17(7-9-18)19(23)21-11-13-22(14-12-21)26(24,25)15-10-16-4-2-1-3-5-16/h1-10,15H,11-14H2/b15-10+. The lowest BCUT2D eigenvalue weighted by Crippen LogP contribution is -2.50. The first-order valence-electron chi connectivity index (χ1n) is 8.24. The monoisotopic (exact) mass is 482 g/mol. The first kappa shape index (κ1) is 19.1. The van der Waals surface area contributed by atoms with E-state index in [-0.39, 0.29) is 5.91 Å². The molecule has 5 nitrogen and oxygen atoms in total. The topological polar surface area (TPSA) is 57.7 Å². The minimum atomic E-state index is -3.49. The van der Waals surface area contributed by atoms with Gasteiger partial charge in [-0.1, -0.05) is 30.3 Å². The van der Waals surface area contributed by atoms with Gasteiger partial charge in [0.2, 0.25) is 10.0 Å². The van der Waals surface area contributed by atoms with Gasteiger partial charge in [-0.05, 0) is 58.5 Å². The molecule has 7 heteroatoms. The summed E-state index contributed by atoms with van der Waals surface area (Å²) in [4.78, 5) is 14.2. The lowest BCUT2D eigenvalue weighted by Gasteiger charge is -2.33. The summed E-state index contributed by atoms with van der Waals surface area (Å²) in [6, 6.07) is 16.7. The Kier molecular flexibility index (Phi) is 6.10. The van der Waals surface area contributed by atoms with Crippen LogP contribution in [0.4, 0.5) is 0 Å². The Bertz CT molecular complexity index is 888. The van der Waals surface area contributed by atoms with Crippen molar-refractivity contribution in [2.75, 3.05) is 26.2 Å². The Hall–Kier alpha value is -1.71. The molecule has 2 aromatic rings. The van der Waals surface area contributed by atoms with Crippen LogP contribution in [0.15, 0.2) is 60.0 Å². The summed E-state index contributed by atoms with van der Waals surface area (Å²) in [5.41, 5.74) is 1.47. The molecule has 0 radical (unpaired) electrons. The van der Waals surface area contributed by atoms with Crippen LogP contribution >= 0.6 is 22.6 Å². The largest absolute Gasteiger partial charge is 0.336 e. The molecule has 26 heavy (non-hydrogen) atoms. The first-order chi connectivity index (χ1) is 12.5. The fourth-order valence-electron chi connectivity index (χ4n) is 2.74. The number of carbonyl (C=O) groups is 1. The lowest BCUT2D eigenvalue weighted by atomic mass is 10.2. The molecule has 0 N–H and O–H groups in total. The number of halogens is 1. The fourth-order valence-corrected chi connectivity index (χ4v) is 4.27. The zero-order chi connectivity index (χ0) is 18.6. The van der Waals surface area contributed by atoms with Crippen molar-refractivity contribution in [3.8, 4) is 0 Å². The van der Waals surface area contributed by atoms with Gasteiger partial charge in [0.1, 0.15) is 0 Å². The third-order valence-corrected chi connectivity index (χ3v) is 6.49. The summed E-state index contributed by atoms with van der Waals surface area (Å²) >= 11 is 2.19. The van der Waals surface area contributed by atoms with Crippen LogP contribution in [0.1, 0.15) is 15.9 Å². The van der Waals surface area contributed by atoms with Crippen molar-refractivity contribution in [3.05, 3.63) is 74.7 Å². The summed E-state index contributed by atoms with van der Waals surface area (Å²) in [6.45, 7) is 1.39. The number of amides is 1. The highest BCUT2D eigenvalue weighted by Crippen LogP contribution is 2.15. The van der Waals surface area contributed by atoms with Gasteiger partial charge in [-0.25, -0.2) is 8.42 Å². The predicted molar refractivity (Wildman–Crippen MR) is 111 cm³/mol. The summed E-state index contributed by atoms with van der Waals surface area (Å²) in [6.07, 6.45) is 1.60. The van der Waals surface area contributed by atoms with Gasteiger partial charge >= 0.3 is 0 Å². The van der Waals surface area contributed by atoms with E-state index in [0.717, 1.165) is 9.13 Å². The van der Waals surface area contributed by atoms with Gasteiger partial charge in [0.25, 0.3) is 5.91 Å². The van der Waals surface area contributed by atoms with Gasteiger partial charge < -0.3 is 4.90 Å². The first-order valence-corrected chi connectivity index (χ1v) is 10.8. The molecule has 1 amide bonds. The molecule has 1 fully saturated rings. The van der Waals surface area contributed by atoms with E-state index in [1.54, 1.807) is 23.1 Å². The molecule has 0 aliphatic carbocycles. The van der Waals surface area contributed by atoms with Crippen molar-refractivity contribution in [3.63, 3.8) is 0 Å². The molecule has 2 aromatic carbocycles. The molecular formula is C19H19IN2O3S. The van der Waals surface area contributed by atoms with Gasteiger partial charge in [-0.2, -0.15) is 4.31 Å². The van der Waals surface area contributed by atoms with E-state index in [1.807, 2.05) is 42.5 Å². The quantitative estimate of drug-likeness (QED) is 0.630. The van der Waals surface area contributed by atoms with Crippen molar-refractivity contribution < 1.29 is 13.2 Å². The molecule has 0 saturated carbocycles. The Balaban J connectivity index is 1.61. The van der Waals surface area contributed by atoms with Crippen LogP contribution in [0.3, 0.4) is 0 Å². The Morgan fingerprint density at radius 2 is 1.54 bits per heavy atom. The van der Waals surface area contributed by atoms with Crippen molar-refractivity contribution >= 4 is 44.6 Å². The van der Waals surface area contributed by atoms with Crippen LogP contribution in [0.2, 0.25) is 0 Å². The third-order valence-electron chi connectivity index (χ3n) is 4.21. The van der Waals surface area contributed by atoms with Gasteiger partial charge in [-0.15, -0.1) is 0 Å². The van der Waals surface area contributed by atoms with Crippen LogP contribution in [-0.4, -0.2) is 49.7 Å². The molecule has 0 spiro atoms. The lowest BCUT2D eigenvalue weighted by molar-refractivity contribution is 0.0698. The average molecular weight is 482 g/mol. The molecule has 1 saturated heterocycles. The number of nitrogens with zero attached hydrogens (tertiary/aromatic N) is 2. The number of hydrogen-bond acceptors (Lipinski definition) is 3. The van der Waals surface area contributed by atoms with Crippen LogP contribution in [0, 0.1) is 3.57 Å². The van der Waals surface area contributed by atoms with E-state index < -0.39 is 10.0 Å². The second-order valence-corrected chi connectivity index (χ2v) is 9.02. The second kappa shape index (κ2) is 8.32. The predicted octanol–water partition coefficient (Wildman–Crippen LogP) is 3.05. The average Bonchev–Trinajstić information content (AvgIpc) is 2.67. The van der Waals surface area contributed by atoms with Gasteiger partial charge in [-0.3, -0.25) is 4.79 Å².